The molecule has 248 valence electrons. The Morgan fingerprint density at radius 1 is 1.17 bits per heavy atom. The highest BCUT2D eigenvalue weighted by Crippen LogP contribution is 2.34. The normalized spacial score (nSPS) is 15.5. The van der Waals surface area contributed by atoms with Gasteiger partial charge in [0.25, 0.3) is 11.5 Å². The fourth-order valence-electron chi connectivity index (χ4n) is 5.54. The lowest BCUT2D eigenvalue weighted by Gasteiger charge is -2.36. The molecule has 2 amide bonds. The van der Waals surface area contributed by atoms with Gasteiger partial charge in [-0.2, -0.15) is 22.7 Å². The second-order valence-electron chi connectivity index (χ2n) is 10.8. The lowest BCUT2D eigenvalue weighted by Crippen LogP contribution is -2.51. The van der Waals surface area contributed by atoms with E-state index in [-0.39, 0.29) is 78.6 Å². The van der Waals surface area contributed by atoms with E-state index in [1.165, 1.54) is 9.47 Å². The SMILES string of the molecule is CCc1c(N2CCN(C(=O)c3nocc3O)CC2)c(=O)n2nc(C3=CCCCO3)nc2n1CC(=O)Nc1ccc(C(F)(F)F)cc1Cl. The molecule has 0 atom stereocenters. The first-order valence-corrected chi connectivity index (χ1v) is 15.0. The number of aromatic hydroxyl groups is 1. The number of amides is 2. The number of allylic oxidation sites excluding steroid dienone is 1. The van der Waals surface area contributed by atoms with Crippen molar-refractivity contribution in [3.8, 4) is 5.75 Å². The summed E-state index contributed by atoms with van der Waals surface area (Å²) >= 11 is 6.08. The molecule has 1 aromatic carbocycles. The van der Waals surface area contributed by atoms with Crippen LogP contribution >= 0.6 is 11.6 Å². The fourth-order valence-corrected chi connectivity index (χ4v) is 5.76. The van der Waals surface area contributed by atoms with Crippen LogP contribution in [-0.2, 0) is 28.7 Å². The van der Waals surface area contributed by atoms with Gasteiger partial charge in [0.15, 0.2) is 17.8 Å². The van der Waals surface area contributed by atoms with E-state index in [9.17, 15) is 32.7 Å². The number of nitrogens with one attached hydrogen (secondary N) is 1. The number of piperazine rings is 1. The summed E-state index contributed by atoms with van der Waals surface area (Å²) in [7, 11) is 0. The summed E-state index contributed by atoms with van der Waals surface area (Å²) in [6.07, 6.45) is -0.0201. The third-order valence-electron chi connectivity index (χ3n) is 7.83. The van der Waals surface area contributed by atoms with Gasteiger partial charge in [-0.25, -0.2) is 0 Å². The van der Waals surface area contributed by atoms with Crippen LogP contribution in [0.2, 0.25) is 5.02 Å². The maximum Gasteiger partial charge on any atom is 0.416 e. The van der Waals surface area contributed by atoms with Crippen LogP contribution in [0, 0.1) is 0 Å². The molecule has 2 aliphatic heterocycles. The summed E-state index contributed by atoms with van der Waals surface area (Å²) in [4.78, 5) is 48.1. The highest BCUT2D eigenvalue weighted by molar-refractivity contribution is 6.33. The van der Waals surface area contributed by atoms with Crippen molar-refractivity contribution >= 4 is 46.3 Å². The highest BCUT2D eigenvalue weighted by atomic mass is 35.5. The third-order valence-corrected chi connectivity index (χ3v) is 8.14. The second kappa shape index (κ2) is 12.6. The number of rotatable bonds is 7. The molecule has 5 heterocycles. The van der Waals surface area contributed by atoms with Gasteiger partial charge in [-0.3, -0.25) is 14.4 Å². The second-order valence-corrected chi connectivity index (χ2v) is 11.2. The van der Waals surface area contributed by atoms with Crippen molar-refractivity contribution in [1.29, 1.82) is 0 Å². The Bertz CT molecular complexity index is 1940. The van der Waals surface area contributed by atoms with E-state index in [1.807, 2.05) is 6.08 Å². The molecular formula is C29H28ClF3N8O6. The molecule has 6 rings (SSSR count). The predicted octanol–water partition coefficient (Wildman–Crippen LogP) is 3.57. The van der Waals surface area contributed by atoms with Gasteiger partial charge < -0.3 is 34.1 Å². The Hall–Kier alpha value is -5.06. The average molecular weight is 677 g/mol. The van der Waals surface area contributed by atoms with Crippen molar-refractivity contribution in [2.75, 3.05) is 43.0 Å². The molecule has 18 heteroatoms. The minimum atomic E-state index is -4.61. The molecule has 0 spiro atoms. The molecule has 47 heavy (non-hydrogen) atoms. The van der Waals surface area contributed by atoms with Crippen molar-refractivity contribution in [1.82, 2.24) is 29.2 Å². The van der Waals surface area contributed by atoms with Crippen LogP contribution in [-0.4, -0.2) is 78.9 Å². The molecule has 4 aromatic rings. The zero-order chi connectivity index (χ0) is 33.5. The first-order chi connectivity index (χ1) is 22.5. The molecule has 3 aromatic heterocycles. The molecule has 1 saturated heterocycles. The van der Waals surface area contributed by atoms with Gasteiger partial charge in [0.05, 0.1) is 28.6 Å². The number of hydrogen-bond acceptors (Lipinski definition) is 10. The predicted molar refractivity (Wildman–Crippen MR) is 161 cm³/mol. The molecule has 0 radical (unpaired) electrons. The number of fused-ring (bicyclic) bond motifs is 1. The smallest absolute Gasteiger partial charge is 0.416 e. The third kappa shape index (κ3) is 6.22. The first-order valence-electron chi connectivity index (χ1n) is 14.7. The van der Waals surface area contributed by atoms with Crippen LogP contribution in [0.25, 0.3) is 11.5 Å². The van der Waals surface area contributed by atoms with Crippen LogP contribution in [0.5, 0.6) is 5.75 Å². The van der Waals surface area contributed by atoms with Crippen molar-refractivity contribution in [2.24, 2.45) is 0 Å². The minimum absolute atomic E-state index is 0.0261. The van der Waals surface area contributed by atoms with E-state index >= 15 is 0 Å². The van der Waals surface area contributed by atoms with Crippen LogP contribution < -0.4 is 15.8 Å². The largest absolute Gasteiger partial charge is 0.503 e. The number of ether oxygens (including phenoxy) is 1. The van der Waals surface area contributed by atoms with Gasteiger partial charge in [-0.05, 0) is 43.5 Å². The molecule has 0 aliphatic carbocycles. The minimum Gasteiger partial charge on any atom is -0.503 e. The number of nitrogens with zero attached hydrogens (tertiary/aromatic N) is 7. The van der Waals surface area contributed by atoms with E-state index in [0.29, 0.717) is 18.1 Å². The topological polar surface area (TPSA) is 160 Å². The number of hydrogen-bond donors (Lipinski definition) is 2. The Kier molecular flexibility index (Phi) is 8.57. The number of carbonyl (C=O) groups is 2. The molecule has 1 fully saturated rings. The quantitative estimate of drug-likeness (QED) is 0.296. The lowest BCUT2D eigenvalue weighted by atomic mass is 10.2. The zero-order valence-electron chi connectivity index (χ0n) is 24.9. The standard InChI is InChI=1S/C29H28ClF3N8O6/c1-2-19-24(38-8-10-39(11-9-38)26(44)23-20(42)15-47-37-23)27(45)41-28(35-25(36-41)21-5-3-4-12-46-21)40(19)14-22(43)34-18-7-6-16(13-17(18)30)29(31,32)33/h5-7,13,15,42H,2-4,8-12,14H2,1H3,(H,34,43). The number of halogens is 4. The molecule has 2 N–H and O–H groups in total. The average Bonchev–Trinajstić information content (AvgIpc) is 3.70. The van der Waals surface area contributed by atoms with E-state index in [4.69, 9.17) is 16.3 Å². The fraction of sp³-hybridized carbons (Fsp3) is 0.379. The van der Waals surface area contributed by atoms with Crippen molar-refractivity contribution in [2.45, 2.75) is 38.9 Å². The van der Waals surface area contributed by atoms with Gasteiger partial charge in [0.2, 0.25) is 23.2 Å². The number of anilines is 2. The molecule has 0 unspecified atom stereocenters. The van der Waals surface area contributed by atoms with Crippen LogP contribution in [0.3, 0.4) is 0 Å². The summed E-state index contributed by atoms with van der Waals surface area (Å²) in [6.45, 7) is 2.67. The maximum atomic E-state index is 14.0. The number of carbonyl (C=O) groups excluding carboxylic acids is 2. The molecule has 2 aliphatic rings. The Labute approximate surface area is 269 Å². The van der Waals surface area contributed by atoms with Crippen molar-refractivity contribution in [3.63, 3.8) is 0 Å². The van der Waals surface area contributed by atoms with Crippen LogP contribution in [0.15, 0.2) is 39.9 Å². The Morgan fingerprint density at radius 2 is 1.94 bits per heavy atom. The van der Waals surface area contributed by atoms with Gasteiger partial charge in [-0.15, -0.1) is 5.10 Å². The summed E-state index contributed by atoms with van der Waals surface area (Å²) < 4.78 is 52.4. The highest BCUT2D eigenvalue weighted by Gasteiger charge is 2.32. The summed E-state index contributed by atoms with van der Waals surface area (Å²) in [5, 5.41) is 20.1. The molecule has 14 nitrogen and oxygen atoms in total. The van der Waals surface area contributed by atoms with Crippen LogP contribution in [0.4, 0.5) is 24.5 Å². The van der Waals surface area contributed by atoms with Gasteiger partial charge >= 0.3 is 6.18 Å². The first kappa shape index (κ1) is 31.9. The summed E-state index contributed by atoms with van der Waals surface area (Å²) in [6, 6.07) is 2.60. The maximum absolute atomic E-state index is 14.0. The van der Waals surface area contributed by atoms with Crippen LogP contribution in [0.1, 0.15) is 47.3 Å². The van der Waals surface area contributed by atoms with E-state index in [1.54, 1.807) is 11.8 Å². The Morgan fingerprint density at radius 3 is 2.55 bits per heavy atom. The number of alkyl halides is 3. The summed E-state index contributed by atoms with van der Waals surface area (Å²) in [5.74, 6) is -0.935. The van der Waals surface area contributed by atoms with Gasteiger partial charge in [0.1, 0.15) is 12.2 Å². The molecular weight excluding hydrogens is 649 g/mol. The Balaban J connectivity index is 1.35. The zero-order valence-corrected chi connectivity index (χ0v) is 25.6. The number of aromatic nitrogens is 5. The van der Waals surface area contributed by atoms with Crippen molar-refractivity contribution < 1.29 is 37.1 Å². The summed E-state index contributed by atoms with van der Waals surface area (Å²) in [5.41, 5.74) is -1.01. The number of benzene rings is 1. The lowest BCUT2D eigenvalue weighted by molar-refractivity contribution is -0.137. The monoisotopic (exact) mass is 676 g/mol. The molecule has 0 bridgehead atoms. The van der Waals surface area contributed by atoms with E-state index in [2.05, 4.69) is 25.1 Å². The van der Waals surface area contributed by atoms with E-state index < -0.39 is 29.1 Å². The van der Waals surface area contributed by atoms with Crippen molar-refractivity contribution in [3.05, 3.63) is 68.7 Å². The van der Waals surface area contributed by atoms with Gasteiger partial charge in [-0.1, -0.05) is 23.7 Å². The van der Waals surface area contributed by atoms with E-state index in [0.717, 1.165) is 41.8 Å². The molecule has 0 saturated carbocycles. The van der Waals surface area contributed by atoms with Gasteiger partial charge in [0, 0.05) is 26.2 Å².